The lowest BCUT2D eigenvalue weighted by molar-refractivity contribution is 0.198. The Kier molecular flexibility index (Phi) is 4.67. The summed E-state index contributed by atoms with van der Waals surface area (Å²) in [6.07, 6.45) is 3.57. The lowest BCUT2D eigenvalue weighted by atomic mass is 10.2. The fourth-order valence-electron chi connectivity index (χ4n) is 1.75. The molecule has 1 unspecified atom stereocenters. The summed E-state index contributed by atoms with van der Waals surface area (Å²) in [6, 6.07) is 11.7. The number of nitriles is 1. The molecule has 0 amide bonds. The van der Waals surface area contributed by atoms with Crippen molar-refractivity contribution in [2.45, 2.75) is 6.04 Å². The van der Waals surface area contributed by atoms with Gasteiger partial charge in [-0.25, -0.2) is 4.68 Å². The molecule has 0 aliphatic carbocycles. The van der Waals surface area contributed by atoms with Gasteiger partial charge in [0.2, 0.25) is 0 Å². The molecule has 2 rings (SSSR count). The maximum absolute atomic E-state index is 9.17. The van der Waals surface area contributed by atoms with Crippen molar-refractivity contribution >= 4 is 0 Å². The second-order valence-electron chi connectivity index (χ2n) is 4.06. The van der Waals surface area contributed by atoms with Crippen molar-refractivity contribution in [1.82, 2.24) is 15.1 Å². The lowest BCUT2D eigenvalue weighted by Crippen LogP contribution is -2.23. The molecule has 1 atom stereocenters. The number of nitrogens with one attached hydrogen (secondary N) is 1. The van der Waals surface area contributed by atoms with Crippen molar-refractivity contribution in [3.63, 3.8) is 0 Å². The minimum atomic E-state index is -0.368. The number of hydrogen-bond donors (Lipinski definition) is 1. The third-order valence-corrected chi connectivity index (χ3v) is 2.74. The molecule has 5 heteroatoms. The van der Waals surface area contributed by atoms with E-state index in [-0.39, 0.29) is 6.04 Å². The van der Waals surface area contributed by atoms with E-state index in [9.17, 15) is 0 Å². The first-order chi connectivity index (χ1) is 9.35. The Balaban J connectivity index is 2.09. The van der Waals surface area contributed by atoms with E-state index in [4.69, 9.17) is 10.00 Å². The van der Waals surface area contributed by atoms with E-state index in [0.29, 0.717) is 13.2 Å². The van der Waals surface area contributed by atoms with E-state index in [1.165, 1.54) is 0 Å². The van der Waals surface area contributed by atoms with Crippen LogP contribution in [0.2, 0.25) is 0 Å². The third kappa shape index (κ3) is 3.41. The molecule has 0 aliphatic rings. The molecule has 0 spiro atoms. The molecule has 5 nitrogen and oxygen atoms in total. The van der Waals surface area contributed by atoms with Gasteiger partial charge in [-0.3, -0.25) is 5.32 Å². The SMILES string of the molecule is COCCNC(C#N)c1cnn(-c2ccccc2)c1. The standard InChI is InChI=1S/C14H16N4O/c1-19-8-7-16-14(9-15)12-10-17-18(11-12)13-5-3-2-4-6-13/h2-6,10-11,14,16H,7-8H2,1H3. The summed E-state index contributed by atoms with van der Waals surface area (Å²) in [5.74, 6) is 0. The van der Waals surface area contributed by atoms with Gasteiger partial charge in [0.05, 0.1) is 24.6 Å². The number of methoxy groups -OCH3 is 1. The molecule has 0 aliphatic heterocycles. The van der Waals surface area contributed by atoms with Gasteiger partial charge >= 0.3 is 0 Å². The molecule has 1 aromatic carbocycles. The highest BCUT2D eigenvalue weighted by Crippen LogP contribution is 2.13. The van der Waals surface area contributed by atoms with Crippen molar-refractivity contribution < 1.29 is 4.74 Å². The van der Waals surface area contributed by atoms with Gasteiger partial charge in [-0.1, -0.05) is 18.2 Å². The predicted molar refractivity (Wildman–Crippen MR) is 71.8 cm³/mol. The highest BCUT2D eigenvalue weighted by Gasteiger charge is 2.12. The first kappa shape index (κ1) is 13.3. The van der Waals surface area contributed by atoms with Crippen LogP contribution in [0.1, 0.15) is 11.6 Å². The Morgan fingerprint density at radius 1 is 1.42 bits per heavy atom. The molecule has 0 bridgehead atoms. The van der Waals surface area contributed by atoms with Crippen molar-refractivity contribution in [2.24, 2.45) is 0 Å². The van der Waals surface area contributed by atoms with Gasteiger partial charge in [-0.15, -0.1) is 0 Å². The molecule has 0 saturated carbocycles. The van der Waals surface area contributed by atoms with Crippen LogP contribution in [0.25, 0.3) is 5.69 Å². The number of hydrogen-bond acceptors (Lipinski definition) is 4. The molecule has 0 saturated heterocycles. The summed E-state index contributed by atoms with van der Waals surface area (Å²) in [5, 5.41) is 16.6. The number of rotatable bonds is 6. The molecule has 0 fully saturated rings. The molecule has 2 aromatic rings. The summed E-state index contributed by atoms with van der Waals surface area (Å²) in [5.41, 5.74) is 1.82. The van der Waals surface area contributed by atoms with Crippen molar-refractivity contribution in [3.8, 4) is 11.8 Å². The Hall–Kier alpha value is -2.16. The van der Waals surface area contributed by atoms with Crippen LogP contribution in [0.5, 0.6) is 0 Å². The minimum Gasteiger partial charge on any atom is -0.383 e. The second-order valence-corrected chi connectivity index (χ2v) is 4.06. The van der Waals surface area contributed by atoms with Gasteiger partial charge in [0.25, 0.3) is 0 Å². The fraction of sp³-hybridized carbons (Fsp3) is 0.286. The largest absolute Gasteiger partial charge is 0.383 e. The average molecular weight is 256 g/mol. The zero-order valence-corrected chi connectivity index (χ0v) is 10.8. The van der Waals surface area contributed by atoms with Gasteiger partial charge in [0.1, 0.15) is 6.04 Å². The summed E-state index contributed by atoms with van der Waals surface area (Å²) < 4.78 is 6.72. The zero-order chi connectivity index (χ0) is 13.5. The van der Waals surface area contributed by atoms with Crippen LogP contribution in [-0.4, -0.2) is 30.0 Å². The number of aromatic nitrogens is 2. The van der Waals surface area contributed by atoms with E-state index in [1.54, 1.807) is 18.0 Å². The van der Waals surface area contributed by atoms with Crippen LogP contribution in [0.3, 0.4) is 0 Å². The van der Waals surface area contributed by atoms with Gasteiger partial charge in [0.15, 0.2) is 0 Å². The van der Waals surface area contributed by atoms with E-state index in [2.05, 4.69) is 16.5 Å². The third-order valence-electron chi connectivity index (χ3n) is 2.74. The van der Waals surface area contributed by atoms with Gasteiger partial charge in [-0.2, -0.15) is 10.4 Å². The molecule has 1 heterocycles. The monoisotopic (exact) mass is 256 g/mol. The van der Waals surface area contributed by atoms with Crippen LogP contribution >= 0.6 is 0 Å². The molecule has 0 radical (unpaired) electrons. The number of benzene rings is 1. The van der Waals surface area contributed by atoms with Crippen molar-refractivity contribution in [1.29, 1.82) is 5.26 Å². The van der Waals surface area contributed by atoms with Crippen LogP contribution in [-0.2, 0) is 4.74 Å². The van der Waals surface area contributed by atoms with Gasteiger partial charge in [0, 0.05) is 25.4 Å². The summed E-state index contributed by atoms with van der Waals surface area (Å²) >= 11 is 0. The Labute approximate surface area is 112 Å². The summed E-state index contributed by atoms with van der Waals surface area (Å²) in [6.45, 7) is 1.20. The zero-order valence-electron chi connectivity index (χ0n) is 10.8. The predicted octanol–water partition coefficient (Wildman–Crippen LogP) is 1.67. The number of ether oxygens (including phenoxy) is 1. The number of para-hydroxylation sites is 1. The molecule has 98 valence electrons. The highest BCUT2D eigenvalue weighted by atomic mass is 16.5. The lowest BCUT2D eigenvalue weighted by Gasteiger charge is -2.08. The van der Waals surface area contributed by atoms with E-state index >= 15 is 0 Å². The van der Waals surface area contributed by atoms with Crippen molar-refractivity contribution in [2.75, 3.05) is 20.3 Å². The van der Waals surface area contributed by atoms with E-state index in [1.807, 2.05) is 36.5 Å². The quantitative estimate of drug-likeness (QED) is 0.799. The maximum Gasteiger partial charge on any atom is 0.124 e. The molecular formula is C14H16N4O. The topological polar surface area (TPSA) is 62.9 Å². The molecule has 1 N–H and O–H groups in total. The van der Waals surface area contributed by atoms with Crippen LogP contribution < -0.4 is 5.32 Å². The molecular weight excluding hydrogens is 240 g/mol. The van der Waals surface area contributed by atoms with Crippen LogP contribution in [0.4, 0.5) is 0 Å². The maximum atomic E-state index is 9.17. The van der Waals surface area contributed by atoms with Gasteiger partial charge < -0.3 is 4.74 Å². The van der Waals surface area contributed by atoms with Crippen molar-refractivity contribution in [3.05, 3.63) is 48.3 Å². The highest BCUT2D eigenvalue weighted by molar-refractivity contribution is 5.32. The smallest absolute Gasteiger partial charge is 0.124 e. The average Bonchev–Trinajstić information content (AvgIpc) is 2.94. The Morgan fingerprint density at radius 2 is 2.21 bits per heavy atom. The summed E-state index contributed by atoms with van der Waals surface area (Å²) in [4.78, 5) is 0. The van der Waals surface area contributed by atoms with Crippen LogP contribution in [0.15, 0.2) is 42.7 Å². The summed E-state index contributed by atoms with van der Waals surface area (Å²) in [7, 11) is 1.64. The first-order valence-corrected chi connectivity index (χ1v) is 6.07. The van der Waals surface area contributed by atoms with Crippen LogP contribution in [0, 0.1) is 11.3 Å². The minimum absolute atomic E-state index is 0.368. The second kappa shape index (κ2) is 6.69. The Morgan fingerprint density at radius 3 is 2.89 bits per heavy atom. The fourth-order valence-corrected chi connectivity index (χ4v) is 1.75. The van der Waals surface area contributed by atoms with Gasteiger partial charge in [-0.05, 0) is 12.1 Å². The molecule has 1 aromatic heterocycles. The van der Waals surface area contributed by atoms with E-state index < -0.39 is 0 Å². The van der Waals surface area contributed by atoms with E-state index in [0.717, 1.165) is 11.3 Å². The number of nitrogens with zero attached hydrogens (tertiary/aromatic N) is 3. The normalized spacial score (nSPS) is 12.0. The first-order valence-electron chi connectivity index (χ1n) is 6.07. The Bertz CT molecular complexity index is 544. The molecule has 19 heavy (non-hydrogen) atoms.